The van der Waals surface area contributed by atoms with Crippen molar-refractivity contribution in [2.75, 3.05) is 53.2 Å². The van der Waals surface area contributed by atoms with Gasteiger partial charge in [-0.25, -0.2) is 0 Å². The second-order valence-corrected chi connectivity index (χ2v) is 14.6. The number of ether oxygens (including phenoxy) is 4. The fraction of sp³-hybridized carbons (Fsp3) is 1.00. The van der Waals surface area contributed by atoms with Crippen LogP contribution in [-0.2, 0) is 18.9 Å². The van der Waals surface area contributed by atoms with Crippen LogP contribution in [0.4, 0.5) is 0 Å². The van der Waals surface area contributed by atoms with Gasteiger partial charge in [-0.15, -0.1) is 0 Å². The normalized spacial score (nSPS) is 41.0. The molecule has 0 aromatic heterocycles. The van der Waals surface area contributed by atoms with Crippen molar-refractivity contribution in [3.63, 3.8) is 0 Å². The summed E-state index contributed by atoms with van der Waals surface area (Å²) in [6.45, 7) is 13.0. The van der Waals surface area contributed by atoms with E-state index in [0.29, 0.717) is 72.8 Å². The van der Waals surface area contributed by atoms with Crippen molar-refractivity contribution in [1.82, 2.24) is 0 Å². The molecule has 5 unspecified atom stereocenters. The molecule has 6 N–H and O–H groups in total. The van der Waals surface area contributed by atoms with Gasteiger partial charge in [0, 0.05) is 39.0 Å². The van der Waals surface area contributed by atoms with E-state index in [1.165, 1.54) is 38.5 Å². The third-order valence-corrected chi connectivity index (χ3v) is 12.5. The lowest BCUT2D eigenvalue weighted by Crippen LogP contribution is -2.63. The van der Waals surface area contributed by atoms with Crippen LogP contribution in [0.1, 0.15) is 97.8 Å². The molecule has 0 saturated heterocycles. The lowest BCUT2D eigenvalue weighted by atomic mass is 9.43. The van der Waals surface area contributed by atoms with E-state index in [-0.39, 0.29) is 11.5 Å². The molecule has 7 nitrogen and oxygen atoms in total. The van der Waals surface area contributed by atoms with Gasteiger partial charge < -0.3 is 36.1 Å². The van der Waals surface area contributed by atoms with Crippen LogP contribution in [-0.4, -0.2) is 71.5 Å². The second kappa shape index (κ2) is 15.6. The first-order valence-corrected chi connectivity index (χ1v) is 17.3. The Balaban J connectivity index is 1.63. The summed E-state index contributed by atoms with van der Waals surface area (Å²) in [5, 5.41) is 0. The fourth-order valence-corrected chi connectivity index (χ4v) is 10.3. The summed E-state index contributed by atoms with van der Waals surface area (Å²) in [6.07, 6.45) is 14.6. The molecule has 240 valence electrons. The van der Waals surface area contributed by atoms with Crippen molar-refractivity contribution in [1.29, 1.82) is 0 Å². The summed E-state index contributed by atoms with van der Waals surface area (Å²) in [6, 6.07) is 0. The molecule has 0 bridgehead atoms. The molecular weight excluding hydrogens is 514 g/mol. The summed E-state index contributed by atoms with van der Waals surface area (Å²) in [7, 11) is 1.82. The molecule has 4 rings (SSSR count). The van der Waals surface area contributed by atoms with E-state index < -0.39 is 0 Å². The highest BCUT2D eigenvalue weighted by Gasteiger charge is 2.66. The van der Waals surface area contributed by atoms with Crippen LogP contribution in [0.25, 0.3) is 0 Å². The van der Waals surface area contributed by atoms with Crippen molar-refractivity contribution in [3.8, 4) is 0 Å². The van der Waals surface area contributed by atoms with E-state index in [4.69, 9.17) is 36.1 Å². The van der Waals surface area contributed by atoms with Gasteiger partial charge >= 0.3 is 0 Å². The highest BCUT2D eigenvalue weighted by Crippen LogP contribution is 2.69. The Hall–Kier alpha value is -0.280. The highest BCUT2D eigenvalue weighted by molar-refractivity contribution is 5.15. The maximum absolute atomic E-state index is 6.94. The van der Waals surface area contributed by atoms with Crippen LogP contribution < -0.4 is 17.2 Å². The summed E-state index contributed by atoms with van der Waals surface area (Å²) < 4.78 is 25.6. The van der Waals surface area contributed by atoms with E-state index >= 15 is 0 Å². The molecular formula is C34H65N3O4. The number of hydrogen-bond donors (Lipinski definition) is 3. The van der Waals surface area contributed by atoms with Crippen LogP contribution in [0.5, 0.6) is 0 Å². The average molecular weight is 580 g/mol. The van der Waals surface area contributed by atoms with Gasteiger partial charge in [0.15, 0.2) is 0 Å². The zero-order valence-corrected chi connectivity index (χ0v) is 27.0. The minimum Gasteiger partial charge on any atom is -0.385 e. The minimum atomic E-state index is 0.170. The van der Waals surface area contributed by atoms with Gasteiger partial charge in [0.1, 0.15) is 0 Å². The van der Waals surface area contributed by atoms with Gasteiger partial charge in [0.05, 0.1) is 18.3 Å². The van der Waals surface area contributed by atoms with Gasteiger partial charge in [-0.2, -0.15) is 0 Å². The molecule has 0 aromatic rings. The van der Waals surface area contributed by atoms with Crippen LogP contribution in [0, 0.1) is 46.3 Å². The van der Waals surface area contributed by atoms with Crippen LogP contribution >= 0.6 is 0 Å². The Bertz CT molecular complexity index is 772. The van der Waals surface area contributed by atoms with Crippen molar-refractivity contribution in [2.45, 2.75) is 116 Å². The highest BCUT2D eigenvalue weighted by atomic mass is 16.5. The first-order valence-electron chi connectivity index (χ1n) is 17.3. The predicted molar refractivity (Wildman–Crippen MR) is 166 cm³/mol. The van der Waals surface area contributed by atoms with Gasteiger partial charge in [-0.05, 0) is 138 Å². The third kappa shape index (κ3) is 7.18. The summed E-state index contributed by atoms with van der Waals surface area (Å²) in [5.74, 6) is 3.83. The largest absolute Gasteiger partial charge is 0.385 e. The van der Waals surface area contributed by atoms with E-state index in [0.717, 1.165) is 65.0 Å². The van der Waals surface area contributed by atoms with E-state index in [2.05, 4.69) is 20.8 Å². The molecule has 41 heavy (non-hydrogen) atoms. The fourth-order valence-electron chi connectivity index (χ4n) is 10.3. The molecule has 11 atom stereocenters. The zero-order valence-electron chi connectivity index (χ0n) is 27.0. The number of hydrogen-bond acceptors (Lipinski definition) is 7. The SMILES string of the molecule is COCCC[C@@H](C)C1CC[C@H]2C3[C@H](OCCCN)CC4C[C@H](OCCCN)CCC4(C)[C@H]3C[C@H](OCCCN)C12C. The van der Waals surface area contributed by atoms with Crippen LogP contribution in [0.2, 0.25) is 0 Å². The molecule has 0 amide bonds. The average Bonchev–Trinajstić information content (AvgIpc) is 3.32. The molecule has 0 heterocycles. The van der Waals surface area contributed by atoms with Crippen LogP contribution in [0.15, 0.2) is 0 Å². The molecule has 0 radical (unpaired) electrons. The predicted octanol–water partition coefficient (Wildman–Crippen LogP) is 5.13. The van der Waals surface area contributed by atoms with Crippen LogP contribution in [0.3, 0.4) is 0 Å². The third-order valence-electron chi connectivity index (χ3n) is 12.5. The summed E-state index contributed by atoms with van der Waals surface area (Å²) in [5.41, 5.74) is 18.1. The number of nitrogens with two attached hydrogens (primary N) is 3. The Morgan fingerprint density at radius 3 is 2.12 bits per heavy atom. The molecule has 4 aliphatic carbocycles. The van der Waals surface area contributed by atoms with Crippen molar-refractivity contribution in [2.24, 2.45) is 63.5 Å². The topological polar surface area (TPSA) is 115 Å². The molecule has 7 heteroatoms. The summed E-state index contributed by atoms with van der Waals surface area (Å²) >= 11 is 0. The summed E-state index contributed by atoms with van der Waals surface area (Å²) in [4.78, 5) is 0. The molecule has 0 aromatic carbocycles. The van der Waals surface area contributed by atoms with E-state index in [1.54, 1.807) is 0 Å². The van der Waals surface area contributed by atoms with Crippen molar-refractivity contribution < 1.29 is 18.9 Å². The minimum absolute atomic E-state index is 0.170. The molecule has 4 aliphatic rings. The van der Waals surface area contributed by atoms with Gasteiger partial charge in [-0.1, -0.05) is 20.8 Å². The quantitative estimate of drug-likeness (QED) is 0.205. The molecule has 0 aliphatic heterocycles. The van der Waals surface area contributed by atoms with E-state index in [1.807, 2.05) is 7.11 Å². The molecule has 0 spiro atoms. The molecule has 4 fully saturated rings. The zero-order chi connectivity index (χ0) is 29.5. The Labute approximate surface area is 251 Å². The van der Waals surface area contributed by atoms with Crippen molar-refractivity contribution in [3.05, 3.63) is 0 Å². The number of methoxy groups -OCH3 is 1. The lowest BCUT2D eigenvalue weighted by molar-refractivity contribution is -0.227. The Morgan fingerprint density at radius 1 is 0.756 bits per heavy atom. The molecule has 4 saturated carbocycles. The first kappa shape index (κ1) is 33.6. The van der Waals surface area contributed by atoms with Gasteiger partial charge in [0.25, 0.3) is 0 Å². The van der Waals surface area contributed by atoms with Gasteiger partial charge in [-0.3, -0.25) is 0 Å². The monoisotopic (exact) mass is 579 g/mol. The maximum Gasteiger partial charge on any atom is 0.0637 e. The second-order valence-electron chi connectivity index (χ2n) is 14.6. The smallest absolute Gasteiger partial charge is 0.0637 e. The first-order chi connectivity index (χ1) is 19.8. The Morgan fingerprint density at radius 2 is 1.44 bits per heavy atom. The van der Waals surface area contributed by atoms with Gasteiger partial charge in [0.2, 0.25) is 0 Å². The van der Waals surface area contributed by atoms with Crippen molar-refractivity contribution >= 4 is 0 Å². The lowest BCUT2D eigenvalue weighted by Gasteiger charge is -2.65. The van der Waals surface area contributed by atoms with E-state index in [9.17, 15) is 0 Å². The standard InChI is InChI=1S/C34H65N3O4/c1-24(9-5-17-38-4)27-10-11-28-32-29(23-31(34(27,28)3)41-20-8-16-37)33(2)13-12-26(39-18-6-14-35)21-25(33)22-30(32)40-19-7-15-36/h24-32H,5-23,35-37H2,1-4H3/t24-,25?,26-,27?,28+,29+,30-,31+,32?,33?,34?/m1/s1. The Kier molecular flexibility index (Phi) is 12.8. The maximum atomic E-state index is 6.94. The number of fused-ring (bicyclic) bond motifs is 5. The number of rotatable bonds is 17.